The number of aromatic hydroxyl groups is 1. The Balaban J connectivity index is 0.000000202. The number of nitrogens with one attached hydrogen (secondary N) is 1. The number of methoxy groups -OCH3 is 3. The topological polar surface area (TPSA) is 343 Å². The summed E-state index contributed by atoms with van der Waals surface area (Å²) in [7, 11) is -3.47. The zero-order chi connectivity index (χ0) is 78.1. The molecule has 6 aliphatic carbocycles. The van der Waals surface area contributed by atoms with E-state index in [9.17, 15) is 60.3 Å². The number of amides is 3. The molecule has 0 aromatic heterocycles. The molecule has 0 unspecified atom stereocenters. The summed E-state index contributed by atoms with van der Waals surface area (Å²) in [5.74, 6) is -2.46. The predicted molar refractivity (Wildman–Crippen MR) is 399 cm³/mol. The molecule has 10 atom stereocenters. The first kappa shape index (κ1) is 83.1. The molecule has 0 radical (unpaired) electrons. The number of allylic oxidation sites excluding steroid dienone is 2. The van der Waals surface area contributed by atoms with Crippen molar-refractivity contribution < 1.29 is 97.1 Å². The first-order chi connectivity index (χ1) is 50.4. The molecule has 8 aliphatic rings. The largest absolute Gasteiger partial charge is 0.507 e. The van der Waals surface area contributed by atoms with Crippen LogP contribution in [0.5, 0.6) is 23.0 Å². The Bertz CT molecular complexity index is 4170. The summed E-state index contributed by atoms with van der Waals surface area (Å²) >= 11 is 0. The molecule has 107 heavy (non-hydrogen) atoms. The van der Waals surface area contributed by atoms with Crippen molar-refractivity contribution in [2.75, 3.05) is 34.4 Å². The van der Waals surface area contributed by atoms with Crippen molar-refractivity contribution in [3.8, 4) is 23.0 Å². The third kappa shape index (κ3) is 21.9. The molecule has 586 valence electrons. The third-order valence-electron chi connectivity index (χ3n) is 21.8. The minimum Gasteiger partial charge on any atom is -0.507 e. The number of phenols is 1. The number of benzene rings is 4. The molecule has 4 aromatic carbocycles. The number of rotatable bonds is 27. The van der Waals surface area contributed by atoms with E-state index in [0.29, 0.717) is 49.5 Å². The second-order valence-corrected chi connectivity index (χ2v) is 34.7. The van der Waals surface area contributed by atoms with Gasteiger partial charge >= 0.3 is 38.5 Å². The molecule has 3 amide bonds. The van der Waals surface area contributed by atoms with Crippen LogP contribution in [0.2, 0.25) is 0 Å². The number of carbonyl (C=O) groups is 8. The van der Waals surface area contributed by atoms with E-state index in [1.54, 1.807) is 37.3 Å². The van der Waals surface area contributed by atoms with Crippen LogP contribution in [-0.2, 0) is 81.5 Å². The van der Waals surface area contributed by atoms with Gasteiger partial charge < -0.3 is 43.3 Å². The molecule has 25 nitrogen and oxygen atoms in total. The first-order valence-corrected chi connectivity index (χ1v) is 40.2. The highest BCUT2D eigenvalue weighted by Crippen LogP contribution is 2.58. The average Bonchev–Trinajstić information content (AvgIpc) is 1.58. The zero-order valence-electron chi connectivity index (χ0n) is 63.4. The molecule has 27 heteroatoms. The lowest BCUT2D eigenvalue weighted by Crippen LogP contribution is -2.48. The van der Waals surface area contributed by atoms with Crippen molar-refractivity contribution in [3.63, 3.8) is 0 Å². The van der Waals surface area contributed by atoms with Gasteiger partial charge in [0, 0.05) is 36.6 Å². The molecule has 0 bridgehead atoms. The minimum absolute atomic E-state index is 0.00919. The van der Waals surface area contributed by atoms with E-state index in [0.717, 1.165) is 91.5 Å². The second-order valence-electron chi connectivity index (χ2n) is 32.2. The number of ether oxygens (including phenoxy) is 6. The fourth-order valence-electron chi connectivity index (χ4n) is 15.1. The number of nitrogens with two attached hydrogens (primary N) is 1. The van der Waals surface area contributed by atoms with Crippen molar-refractivity contribution in [3.05, 3.63) is 98.1 Å². The van der Waals surface area contributed by atoms with Crippen LogP contribution in [0.15, 0.2) is 98.1 Å². The molecule has 0 spiro atoms. The van der Waals surface area contributed by atoms with Gasteiger partial charge in [-0.3, -0.25) is 46.7 Å². The summed E-state index contributed by atoms with van der Waals surface area (Å²) in [6, 6.07) is 20.7. The number of carbonyl (C=O) groups excluding carboxylic acids is 8. The fourth-order valence-corrected chi connectivity index (χ4v) is 16.7. The van der Waals surface area contributed by atoms with Crippen LogP contribution in [-0.4, -0.2) is 156 Å². The number of phenolic OH excluding ortho intramolecular Hbond substituents is 1. The van der Waals surface area contributed by atoms with Crippen molar-refractivity contribution in [1.82, 2.24) is 14.5 Å². The van der Waals surface area contributed by atoms with E-state index in [-0.39, 0.29) is 98.8 Å². The Morgan fingerprint density at radius 3 is 1.51 bits per heavy atom. The van der Waals surface area contributed by atoms with Crippen LogP contribution >= 0.6 is 0 Å². The third-order valence-corrected chi connectivity index (χ3v) is 23.3. The smallest absolute Gasteiger partial charge is 0.362 e. The van der Waals surface area contributed by atoms with Gasteiger partial charge in [-0.1, -0.05) is 84.9 Å². The summed E-state index contributed by atoms with van der Waals surface area (Å²) in [5, 5.41) is 17.6. The van der Waals surface area contributed by atoms with Gasteiger partial charge in [-0.15, -0.1) is 13.2 Å². The Hall–Kier alpha value is -7.98. The number of hydrogen-bond acceptors (Lipinski definition) is 21. The number of esters is 3. The summed E-state index contributed by atoms with van der Waals surface area (Å²) < 4.78 is 89.9. The second kappa shape index (κ2) is 34.7. The van der Waals surface area contributed by atoms with Crippen LogP contribution in [0, 0.1) is 51.2 Å². The number of likely N-dealkylation sites (tertiary alicyclic amines) is 2. The van der Waals surface area contributed by atoms with Gasteiger partial charge in [0.1, 0.15) is 41.3 Å². The molecule has 4 N–H and O–H groups in total. The SMILES string of the molecule is C=C[C@@H]1C[C@]1(CC(=O)[C@@H]1C[C@@H](Oc2cccc3cc(OC)ccc23)CN1C(=O)[C@@H](CC(=O)OC1CCCC1)C(C)(C)C)C(=O)NS(=O)(=O)OC1CC1.C=C[C@@H]1C[C@]1(CC(=O)[C@@H]1C[C@H](C)CN1C(=O)[C@@H](CC(=O)OC1CCCC1)C(C)(C)C)C(=O)OC.COc1ccc2c(O)cccc2c1.NS(=O)(=O)OC1CC1. The molecule has 2 aliphatic heterocycles. The van der Waals surface area contributed by atoms with Crippen molar-refractivity contribution >= 4 is 89.3 Å². The summed E-state index contributed by atoms with van der Waals surface area (Å²) in [6.45, 7) is 21.6. The average molecular weight is 1530 g/mol. The van der Waals surface area contributed by atoms with Crippen molar-refractivity contribution in [1.29, 1.82) is 0 Å². The van der Waals surface area contributed by atoms with Gasteiger partial charge in [-0.05, 0) is 184 Å². The van der Waals surface area contributed by atoms with Gasteiger partial charge in [-0.25, -0.2) is 9.86 Å². The molecular formula is C80H108N4O21S2. The van der Waals surface area contributed by atoms with E-state index in [1.807, 2.05) is 120 Å². The summed E-state index contributed by atoms with van der Waals surface area (Å²) in [6.07, 6.45) is 13.2. The monoisotopic (exact) mass is 1520 g/mol. The predicted octanol–water partition coefficient (Wildman–Crippen LogP) is 11.4. The lowest BCUT2D eigenvalue weighted by molar-refractivity contribution is -0.156. The van der Waals surface area contributed by atoms with Gasteiger partial charge in [0.05, 0.1) is 87.7 Å². The highest BCUT2D eigenvalue weighted by atomic mass is 32.2. The highest BCUT2D eigenvalue weighted by molar-refractivity contribution is 7.85. The van der Waals surface area contributed by atoms with Gasteiger partial charge in [-0.2, -0.15) is 16.8 Å². The molecular weight excluding hydrogens is 1420 g/mol. The van der Waals surface area contributed by atoms with Crippen molar-refractivity contribution in [2.24, 2.45) is 56.4 Å². The van der Waals surface area contributed by atoms with Crippen LogP contribution in [0.3, 0.4) is 0 Å². The Morgan fingerprint density at radius 1 is 0.598 bits per heavy atom. The maximum Gasteiger partial charge on any atom is 0.362 e. The lowest BCUT2D eigenvalue weighted by Gasteiger charge is -2.35. The maximum absolute atomic E-state index is 14.6. The van der Waals surface area contributed by atoms with Gasteiger partial charge in [0.2, 0.25) is 17.7 Å². The number of Topliss-reactive ketones (excluding diaryl/α,β-unsaturated/α-hetero) is 2. The lowest BCUT2D eigenvalue weighted by atomic mass is 9.77. The number of ketones is 2. The van der Waals surface area contributed by atoms with E-state index in [2.05, 4.69) is 22.5 Å². The van der Waals surface area contributed by atoms with E-state index >= 15 is 0 Å². The molecule has 8 fully saturated rings. The standard InChI is InChI=1S/C39H50N2O10S.C27H41NO6.C11H10O2.C3H7NO3S/c1-6-25-21-39(25,37(45)40-52(46,47)51-27-14-15-27)22-33(42)32-19-29(49-34-13-9-10-24-18-28(48-5)16-17-30(24)34)23-41(32)36(44)31(38(2,3)4)20-35(43)50-26-11-7-8-12-26;1-7-18-14-27(18,25(32)33-6)15-22(29)21-12-17(2)16-28(21)24(31)20(26(3,4)5)13-23(30)34-19-10-8-9-11-19;1-13-9-5-6-10-8(7-9)3-2-4-11(10)12;4-8(5,6)7-3-1-2-3/h6,9-10,13,16-18,25-27,29,31-32H,1,7-8,11-12,14-15,19-23H2,2-5H3,(H,40,45);7,17-21H,1,8-16H2,2-6H3;2-7,12H,1H3;3H,1-2H2,(H2,4,5,6)/t25-,29-,31-,32+,39-;17-,18+,20+,21-,27+;;/m10../s1. The van der Waals surface area contributed by atoms with Crippen LogP contribution in [0.1, 0.15) is 177 Å². The first-order valence-electron chi connectivity index (χ1n) is 37.3. The Labute approximate surface area is 629 Å². The number of hydrogen-bond donors (Lipinski definition) is 3. The number of nitrogens with zero attached hydrogens (tertiary/aromatic N) is 2. The Morgan fingerprint density at radius 2 is 1.06 bits per heavy atom. The molecule has 4 aromatic rings. The van der Waals surface area contributed by atoms with Gasteiger partial charge in [0.25, 0.3) is 0 Å². The zero-order valence-corrected chi connectivity index (χ0v) is 65.0. The van der Waals surface area contributed by atoms with E-state index in [1.165, 1.54) is 12.0 Å². The Kier molecular flexibility index (Phi) is 27.0. The van der Waals surface area contributed by atoms with Crippen LogP contribution in [0.4, 0.5) is 0 Å². The quantitative estimate of drug-likeness (QED) is 0.0284. The van der Waals surface area contributed by atoms with Crippen LogP contribution in [0.25, 0.3) is 21.5 Å². The van der Waals surface area contributed by atoms with E-state index < -0.39 is 108 Å². The normalized spacial score (nSPS) is 24.7. The molecule has 12 rings (SSSR count). The molecule has 6 saturated carbocycles. The molecule has 2 saturated heterocycles. The van der Waals surface area contributed by atoms with Gasteiger partial charge in [0.15, 0.2) is 11.6 Å². The molecule has 2 heterocycles. The summed E-state index contributed by atoms with van der Waals surface area (Å²) in [5.41, 5.74) is -3.34. The van der Waals surface area contributed by atoms with E-state index in [4.69, 9.17) is 32.6 Å². The number of fused-ring (bicyclic) bond motifs is 2. The maximum atomic E-state index is 14.6. The summed E-state index contributed by atoms with van der Waals surface area (Å²) in [4.78, 5) is 111. The van der Waals surface area contributed by atoms with Crippen LogP contribution < -0.4 is 24.1 Å². The highest BCUT2D eigenvalue weighted by Gasteiger charge is 2.63. The van der Waals surface area contributed by atoms with Crippen molar-refractivity contribution in [2.45, 2.75) is 219 Å². The fraction of sp³-hybridized carbons (Fsp3) is 0.600. The minimum atomic E-state index is -4.37.